The first kappa shape index (κ1) is 12.9. The van der Waals surface area contributed by atoms with Crippen molar-refractivity contribution >= 4 is 37.0 Å². The molecule has 94 valence electrons. The van der Waals surface area contributed by atoms with Crippen molar-refractivity contribution in [2.45, 2.75) is 30.5 Å². The molecule has 1 aliphatic rings. The Morgan fingerprint density at radius 2 is 2.18 bits per heavy atom. The summed E-state index contributed by atoms with van der Waals surface area (Å²) in [7, 11) is 1.51. The zero-order valence-electron chi connectivity index (χ0n) is 9.36. The van der Waals surface area contributed by atoms with Crippen molar-refractivity contribution in [2.24, 2.45) is 5.92 Å². The summed E-state index contributed by atoms with van der Waals surface area (Å²) in [6.45, 7) is 3.65. The number of carbonyl (C=O) groups excluding carboxylic acids is 1. The molecular formula is C10H12ClNO3S2. The van der Waals surface area contributed by atoms with E-state index >= 15 is 0 Å². The van der Waals surface area contributed by atoms with E-state index in [-0.39, 0.29) is 16.2 Å². The summed E-state index contributed by atoms with van der Waals surface area (Å²) >= 11 is 0.979. The normalized spacial score (nSPS) is 23.5. The lowest BCUT2D eigenvalue weighted by molar-refractivity contribution is 0.0949. The molecule has 0 aliphatic heterocycles. The first-order valence-corrected chi connectivity index (χ1v) is 8.33. The molecule has 1 saturated carbocycles. The third-order valence-corrected chi connectivity index (χ3v) is 6.19. The standard InChI is InChI=1S/C10H12ClNO3S2/c1-5-3-8(5)12-9(13)7-4-16-10(6(7)2)17(11,14)15/h4-5,8H,3H2,1-2H3,(H,12,13). The Morgan fingerprint density at radius 3 is 2.59 bits per heavy atom. The SMILES string of the molecule is Cc1c(C(=O)NC2CC2C)csc1S(=O)(=O)Cl. The lowest BCUT2D eigenvalue weighted by atomic mass is 10.2. The summed E-state index contributed by atoms with van der Waals surface area (Å²) in [4.78, 5) is 11.9. The highest BCUT2D eigenvalue weighted by atomic mass is 35.7. The Morgan fingerprint density at radius 1 is 1.59 bits per heavy atom. The van der Waals surface area contributed by atoms with Crippen LogP contribution in [0.4, 0.5) is 0 Å². The second-order valence-electron chi connectivity index (χ2n) is 4.29. The summed E-state index contributed by atoms with van der Waals surface area (Å²) in [6, 6.07) is 0.220. The molecule has 4 nitrogen and oxygen atoms in total. The van der Waals surface area contributed by atoms with E-state index in [1.807, 2.05) is 0 Å². The summed E-state index contributed by atoms with van der Waals surface area (Å²) in [5, 5.41) is 4.39. The van der Waals surface area contributed by atoms with E-state index in [0.717, 1.165) is 17.8 Å². The Balaban J connectivity index is 2.22. The number of carbonyl (C=O) groups is 1. The van der Waals surface area contributed by atoms with Crippen LogP contribution in [0.3, 0.4) is 0 Å². The van der Waals surface area contributed by atoms with E-state index in [4.69, 9.17) is 10.7 Å². The largest absolute Gasteiger partial charge is 0.349 e. The Bertz CT molecular complexity index is 564. The van der Waals surface area contributed by atoms with Gasteiger partial charge in [0.15, 0.2) is 0 Å². The topological polar surface area (TPSA) is 63.2 Å². The summed E-state index contributed by atoms with van der Waals surface area (Å²) in [6.07, 6.45) is 0.982. The number of halogens is 1. The van der Waals surface area contributed by atoms with Crippen LogP contribution in [0.2, 0.25) is 0 Å². The van der Waals surface area contributed by atoms with Crippen molar-refractivity contribution in [3.05, 3.63) is 16.5 Å². The molecule has 1 heterocycles. The van der Waals surface area contributed by atoms with Gasteiger partial charge in [0.2, 0.25) is 0 Å². The Labute approximate surface area is 108 Å². The zero-order valence-corrected chi connectivity index (χ0v) is 11.7. The molecule has 1 N–H and O–H groups in total. The molecule has 1 amide bonds. The first-order chi connectivity index (χ1) is 7.80. The van der Waals surface area contributed by atoms with Crippen LogP contribution < -0.4 is 5.32 Å². The molecule has 0 saturated heterocycles. The van der Waals surface area contributed by atoms with Gasteiger partial charge in [-0.3, -0.25) is 4.79 Å². The maximum atomic E-state index is 11.9. The predicted octanol–water partition coefficient (Wildman–Crippen LogP) is 2.12. The molecule has 0 radical (unpaired) electrons. The van der Waals surface area contributed by atoms with E-state index in [1.54, 1.807) is 6.92 Å². The second kappa shape index (κ2) is 4.26. The lowest BCUT2D eigenvalue weighted by Crippen LogP contribution is -2.26. The van der Waals surface area contributed by atoms with E-state index in [9.17, 15) is 13.2 Å². The van der Waals surface area contributed by atoms with Crippen LogP contribution in [0.5, 0.6) is 0 Å². The fraction of sp³-hybridized carbons (Fsp3) is 0.500. The van der Waals surface area contributed by atoms with Gasteiger partial charge in [-0.15, -0.1) is 11.3 Å². The van der Waals surface area contributed by atoms with E-state index in [1.165, 1.54) is 5.38 Å². The quantitative estimate of drug-likeness (QED) is 0.868. The van der Waals surface area contributed by atoms with Gasteiger partial charge in [0.25, 0.3) is 15.0 Å². The molecule has 0 bridgehead atoms. The molecule has 7 heteroatoms. The van der Waals surface area contributed by atoms with E-state index < -0.39 is 9.05 Å². The van der Waals surface area contributed by atoms with Crippen LogP contribution in [0.25, 0.3) is 0 Å². The minimum absolute atomic E-state index is 0.0492. The fourth-order valence-corrected chi connectivity index (χ4v) is 4.18. The molecule has 0 spiro atoms. The molecule has 1 aromatic heterocycles. The smallest absolute Gasteiger partial charge is 0.271 e. The Hall–Kier alpha value is -0.590. The molecule has 1 fully saturated rings. The second-order valence-corrected chi connectivity index (χ2v) is 7.93. The molecule has 0 aromatic carbocycles. The Kier molecular flexibility index (Phi) is 3.22. The summed E-state index contributed by atoms with van der Waals surface area (Å²) in [5.41, 5.74) is 0.823. The van der Waals surface area contributed by atoms with Crippen molar-refractivity contribution in [3.8, 4) is 0 Å². The molecule has 1 aromatic rings. The van der Waals surface area contributed by atoms with Crippen molar-refractivity contribution < 1.29 is 13.2 Å². The molecule has 2 atom stereocenters. The van der Waals surface area contributed by atoms with Crippen LogP contribution in [0.15, 0.2) is 9.59 Å². The number of amides is 1. The van der Waals surface area contributed by atoms with E-state index in [2.05, 4.69) is 12.2 Å². The maximum absolute atomic E-state index is 11.9. The highest BCUT2D eigenvalue weighted by molar-refractivity contribution is 8.15. The predicted molar refractivity (Wildman–Crippen MR) is 67.1 cm³/mol. The highest BCUT2D eigenvalue weighted by Crippen LogP contribution is 2.32. The molecule has 2 unspecified atom stereocenters. The summed E-state index contributed by atoms with van der Waals surface area (Å²) in [5.74, 6) is 0.286. The van der Waals surface area contributed by atoms with Crippen molar-refractivity contribution in [2.75, 3.05) is 0 Å². The number of thiophene rings is 1. The monoisotopic (exact) mass is 293 g/mol. The first-order valence-electron chi connectivity index (χ1n) is 5.14. The average Bonchev–Trinajstić information content (AvgIpc) is 2.73. The van der Waals surface area contributed by atoms with E-state index in [0.29, 0.717) is 17.0 Å². The maximum Gasteiger partial charge on any atom is 0.271 e. The lowest BCUT2D eigenvalue weighted by Gasteiger charge is -2.03. The van der Waals surface area contributed by atoms with Crippen LogP contribution in [-0.2, 0) is 9.05 Å². The van der Waals surface area contributed by atoms with Gasteiger partial charge in [-0.05, 0) is 24.8 Å². The van der Waals surface area contributed by atoms with Crippen molar-refractivity contribution in [3.63, 3.8) is 0 Å². The summed E-state index contributed by atoms with van der Waals surface area (Å²) < 4.78 is 22.5. The average molecular weight is 294 g/mol. The molecule has 2 rings (SSSR count). The molecule has 1 aliphatic carbocycles. The zero-order chi connectivity index (χ0) is 12.8. The minimum atomic E-state index is -3.76. The number of rotatable bonds is 3. The van der Waals surface area contributed by atoms with Gasteiger partial charge >= 0.3 is 0 Å². The number of hydrogen-bond acceptors (Lipinski definition) is 4. The van der Waals surface area contributed by atoms with Crippen LogP contribution in [0.1, 0.15) is 29.3 Å². The van der Waals surface area contributed by atoms with Crippen LogP contribution >= 0.6 is 22.0 Å². The number of nitrogens with one attached hydrogen (secondary N) is 1. The van der Waals surface area contributed by atoms with Gasteiger partial charge < -0.3 is 5.32 Å². The highest BCUT2D eigenvalue weighted by Gasteiger charge is 2.34. The van der Waals surface area contributed by atoms with Gasteiger partial charge in [-0.1, -0.05) is 6.92 Å². The van der Waals surface area contributed by atoms with Crippen molar-refractivity contribution in [1.29, 1.82) is 0 Å². The molecule has 17 heavy (non-hydrogen) atoms. The third kappa shape index (κ3) is 2.64. The van der Waals surface area contributed by atoms with Crippen molar-refractivity contribution in [1.82, 2.24) is 5.32 Å². The fourth-order valence-electron chi connectivity index (χ4n) is 1.63. The minimum Gasteiger partial charge on any atom is -0.349 e. The third-order valence-electron chi connectivity index (χ3n) is 2.89. The van der Waals surface area contributed by atoms with Crippen LogP contribution in [-0.4, -0.2) is 20.4 Å². The van der Waals surface area contributed by atoms with Gasteiger partial charge in [-0.25, -0.2) is 8.42 Å². The van der Waals surface area contributed by atoms with Gasteiger partial charge in [0.1, 0.15) is 4.21 Å². The van der Waals surface area contributed by atoms with Gasteiger partial charge in [0, 0.05) is 22.1 Å². The van der Waals surface area contributed by atoms with Gasteiger partial charge in [-0.2, -0.15) is 0 Å². The number of hydrogen-bond donors (Lipinski definition) is 1. The van der Waals surface area contributed by atoms with Crippen LogP contribution in [0, 0.1) is 12.8 Å². The molecular weight excluding hydrogens is 282 g/mol. The van der Waals surface area contributed by atoms with Gasteiger partial charge in [0.05, 0.1) is 5.56 Å².